The molecule has 0 spiro atoms. The Morgan fingerprint density at radius 1 is 1.04 bits per heavy atom. The number of carbonyl (C=O) groups excluding carboxylic acids is 1. The number of nitrogens with one attached hydrogen (secondary N) is 1. The molecule has 156 valence electrons. The summed E-state index contributed by atoms with van der Waals surface area (Å²) in [7, 11) is -3.58. The predicted molar refractivity (Wildman–Crippen MR) is 111 cm³/mol. The first-order valence-electron chi connectivity index (χ1n) is 10.5. The average Bonchev–Trinajstić information content (AvgIpc) is 2.90. The van der Waals surface area contributed by atoms with Crippen molar-refractivity contribution in [2.45, 2.75) is 51.6 Å². The molecule has 1 N–H and O–H groups in total. The summed E-state index contributed by atoms with van der Waals surface area (Å²) in [5, 5.41) is 0. The van der Waals surface area contributed by atoms with Crippen molar-refractivity contribution in [3.05, 3.63) is 35.9 Å². The predicted octanol–water partition coefficient (Wildman–Crippen LogP) is 2.22. The maximum Gasteiger partial charge on any atom is 0.239 e. The molecule has 0 aromatic heterocycles. The molecule has 3 rings (SSSR count). The largest absolute Gasteiger partial charge is 0.340 e. The number of benzene rings is 1. The Morgan fingerprint density at radius 3 is 2.46 bits per heavy atom. The van der Waals surface area contributed by atoms with E-state index in [1.807, 2.05) is 18.2 Å². The maximum absolute atomic E-state index is 12.6. The summed E-state index contributed by atoms with van der Waals surface area (Å²) in [4.78, 5) is 16.7. The van der Waals surface area contributed by atoms with Gasteiger partial charge in [0, 0.05) is 38.8 Å². The van der Waals surface area contributed by atoms with Gasteiger partial charge in [0.1, 0.15) is 5.75 Å². The number of nitrogens with zero attached hydrogens (tertiary/aromatic N) is 2. The number of carbonyl (C=O) groups is 1. The number of rotatable bonds is 6. The van der Waals surface area contributed by atoms with Gasteiger partial charge in [-0.25, -0.2) is 13.1 Å². The van der Waals surface area contributed by atoms with E-state index in [1.54, 1.807) is 4.90 Å². The molecule has 2 fully saturated rings. The summed E-state index contributed by atoms with van der Waals surface area (Å²) in [5.74, 6) is -0.0471. The summed E-state index contributed by atoms with van der Waals surface area (Å²) >= 11 is 0. The second kappa shape index (κ2) is 9.85. The minimum Gasteiger partial charge on any atom is -0.340 e. The normalized spacial score (nSPS) is 24.7. The number of sulfonamides is 1. The van der Waals surface area contributed by atoms with Crippen LogP contribution in [-0.4, -0.2) is 62.1 Å². The molecule has 2 aliphatic rings. The van der Waals surface area contributed by atoms with E-state index in [-0.39, 0.29) is 11.9 Å². The van der Waals surface area contributed by atoms with Gasteiger partial charge >= 0.3 is 0 Å². The molecule has 1 aromatic rings. The van der Waals surface area contributed by atoms with Crippen LogP contribution in [0, 0.1) is 5.92 Å². The van der Waals surface area contributed by atoms with Gasteiger partial charge in [-0.3, -0.25) is 9.69 Å². The molecule has 0 unspecified atom stereocenters. The van der Waals surface area contributed by atoms with Gasteiger partial charge in [-0.2, -0.15) is 0 Å². The molecule has 28 heavy (non-hydrogen) atoms. The van der Waals surface area contributed by atoms with Crippen LogP contribution in [0.5, 0.6) is 0 Å². The first-order chi connectivity index (χ1) is 13.4. The standard InChI is InChI=1S/C21H33N3O3S/c1-18-8-10-20(11-9-18)22-28(26,27)17-21(25)24-13-5-12-23(14-15-24)16-19-6-3-2-4-7-19/h2-4,6-7,18,20,22H,5,8-17H2,1H3. The van der Waals surface area contributed by atoms with Gasteiger partial charge in [-0.15, -0.1) is 0 Å². The van der Waals surface area contributed by atoms with Gasteiger partial charge in [0.2, 0.25) is 15.9 Å². The number of hydrogen-bond acceptors (Lipinski definition) is 4. The van der Waals surface area contributed by atoms with Gasteiger partial charge in [0.05, 0.1) is 0 Å². The van der Waals surface area contributed by atoms with E-state index in [0.29, 0.717) is 19.0 Å². The summed E-state index contributed by atoms with van der Waals surface area (Å²) < 4.78 is 27.7. The quantitative estimate of drug-likeness (QED) is 0.785. The Balaban J connectivity index is 1.47. The van der Waals surface area contributed by atoms with E-state index in [1.165, 1.54) is 5.56 Å². The lowest BCUT2D eigenvalue weighted by Gasteiger charge is -2.27. The van der Waals surface area contributed by atoms with Crippen LogP contribution in [0.3, 0.4) is 0 Å². The highest BCUT2D eigenvalue weighted by Gasteiger charge is 2.27. The first kappa shape index (κ1) is 21.3. The molecular weight excluding hydrogens is 374 g/mol. The van der Waals surface area contributed by atoms with Crippen LogP contribution in [-0.2, 0) is 21.4 Å². The SMILES string of the molecule is CC1CCC(NS(=O)(=O)CC(=O)N2CCCN(Cc3ccccc3)CC2)CC1. The van der Waals surface area contributed by atoms with Crippen LogP contribution < -0.4 is 4.72 Å². The summed E-state index contributed by atoms with van der Waals surface area (Å²) in [6.07, 6.45) is 4.70. The van der Waals surface area contributed by atoms with E-state index < -0.39 is 15.8 Å². The minimum absolute atomic E-state index is 0.0144. The van der Waals surface area contributed by atoms with E-state index in [0.717, 1.165) is 51.7 Å². The zero-order valence-corrected chi connectivity index (χ0v) is 17.7. The molecular formula is C21H33N3O3S. The maximum atomic E-state index is 12.6. The molecule has 6 nitrogen and oxygen atoms in total. The highest BCUT2D eigenvalue weighted by Crippen LogP contribution is 2.23. The van der Waals surface area contributed by atoms with Crippen LogP contribution >= 0.6 is 0 Å². The first-order valence-corrected chi connectivity index (χ1v) is 12.1. The Morgan fingerprint density at radius 2 is 1.75 bits per heavy atom. The topological polar surface area (TPSA) is 69.7 Å². The van der Waals surface area contributed by atoms with Crippen molar-refractivity contribution in [3.63, 3.8) is 0 Å². The number of hydrogen-bond donors (Lipinski definition) is 1. The highest BCUT2D eigenvalue weighted by atomic mass is 32.2. The molecule has 0 radical (unpaired) electrons. The molecule has 7 heteroatoms. The molecule has 0 atom stereocenters. The fourth-order valence-corrected chi connectivity index (χ4v) is 5.48. The minimum atomic E-state index is -3.58. The summed E-state index contributed by atoms with van der Waals surface area (Å²) in [6.45, 7) is 5.97. The molecule has 1 aliphatic heterocycles. The van der Waals surface area contributed by atoms with Crippen molar-refractivity contribution < 1.29 is 13.2 Å². The van der Waals surface area contributed by atoms with Gasteiger partial charge < -0.3 is 4.90 Å². The Hall–Kier alpha value is -1.44. The van der Waals surface area contributed by atoms with Gasteiger partial charge in [-0.05, 0) is 43.6 Å². The lowest BCUT2D eigenvalue weighted by atomic mass is 9.88. The van der Waals surface area contributed by atoms with Crippen molar-refractivity contribution >= 4 is 15.9 Å². The van der Waals surface area contributed by atoms with Crippen LogP contribution in [0.1, 0.15) is 44.6 Å². The smallest absolute Gasteiger partial charge is 0.239 e. The molecule has 1 saturated heterocycles. The monoisotopic (exact) mass is 407 g/mol. The van der Waals surface area contributed by atoms with Crippen molar-refractivity contribution in [3.8, 4) is 0 Å². The van der Waals surface area contributed by atoms with Crippen LogP contribution in [0.4, 0.5) is 0 Å². The van der Waals surface area contributed by atoms with E-state index in [2.05, 4.69) is 28.7 Å². The average molecular weight is 408 g/mol. The van der Waals surface area contributed by atoms with Crippen LogP contribution in [0.15, 0.2) is 30.3 Å². The second-order valence-electron chi connectivity index (χ2n) is 8.33. The zero-order chi connectivity index (χ0) is 20.0. The van der Waals surface area contributed by atoms with Gasteiger partial charge in [0.15, 0.2) is 0 Å². The van der Waals surface area contributed by atoms with E-state index in [9.17, 15) is 13.2 Å². The molecule has 1 heterocycles. The van der Waals surface area contributed by atoms with Crippen molar-refractivity contribution in [1.82, 2.24) is 14.5 Å². The third-order valence-electron chi connectivity index (χ3n) is 5.87. The third-order valence-corrected chi connectivity index (χ3v) is 7.19. The van der Waals surface area contributed by atoms with Crippen molar-refractivity contribution in [1.29, 1.82) is 0 Å². The van der Waals surface area contributed by atoms with E-state index >= 15 is 0 Å². The highest BCUT2D eigenvalue weighted by molar-refractivity contribution is 7.90. The third kappa shape index (κ3) is 6.57. The van der Waals surface area contributed by atoms with Gasteiger partial charge in [-0.1, -0.05) is 37.3 Å². The van der Waals surface area contributed by atoms with Gasteiger partial charge in [0.25, 0.3) is 0 Å². The fraction of sp³-hybridized carbons (Fsp3) is 0.667. The lowest BCUT2D eigenvalue weighted by molar-refractivity contribution is -0.128. The molecule has 1 aromatic carbocycles. The van der Waals surface area contributed by atoms with Crippen molar-refractivity contribution in [2.24, 2.45) is 5.92 Å². The Labute approximate surface area is 169 Å². The van der Waals surface area contributed by atoms with Crippen molar-refractivity contribution in [2.75, 3.05) is 31.9 Å². The molecule has 1 saturated carbocycles. The Kier molecular flexibility index (Phi) is 7.48. The summed E-state index contributed by atoms with van der Waals surface area (Å²) in [6, 6.07) is 10.3. The molecule has 1 amide bonds. The second-order valence-corrected chi connectivity index (χ2v) is 10.1. The Bertz CT molecular complexity index is 731. The van der Waals surface area contributed by atoms with Crippen LogP contribution in [0.2, 0.25) is 0 Å². The fourth-order valence-electron chi connectivity index (χ4n) is 4.15. The number of amides is 1. The zero-order valence-electron chi connectivity index (χ0n) is 16.8. The lowest BCUT2D eigenvalue weighted by Crippen LogP contribution is -2.44. The molecule has 0 bridgehead atoms. The summed E-state index contributed by atoms with van der Waals surface area (Å²) in [5.41, 5.74) is 1.26. The van der Waals surface area contributed by atoms with E-state index in [4.69, 9.17) is 0 Å². The molecule has 1 aliphatic carbocycles. The van der Waals surface area contributed by atoms with Crippen LogP contribution in [0.25, 0.3) is 0 Å².